The molecule has 0 aliphatic heterocycles. The molecule has 0 saturated heterocycles. The van der Waals surface area contributed by atoms with Crippen LogP contribution in [0.2, 0.25) is 0 Å². The molecule has 8 heteroatoms. The Kier molecular flexibility index (Phi) is 6.94. The van der Waals surface area contributed by atoms with Gasteiger partial charge in [0.1, 0.15) is 18.1 Å². The Morgan fingerprint density at radius 3 is 2.31 bits per heavy atom. The van der Waals surface area contributed by atoms with Gasteiger partial charge in [-0.25, -0.2) is 0 Å². The number of amides is 3. The first-order chi connectivity index (χ1) is 15.2. The molecule has 3 rings (SSSR count). The third-order valence-electron chi connectivity index (χ3n) is 4.36. The van der Waals surface area contributed by atoms with Gasteiger partial charge < -0.3 is 14.5 Å². The van der Waals surface area contributed by atoms with Gasteiger partial charge in [0.05, 0.1) is 0 Å². The van der Waals surface area contributed by atoms with E-state index in [-0.39, 0.29) is 23.8 Å². The van der Waals surface area contributed by atoms with Crippen LogP contribution in [0.25, 0.3) is 0 Å². The summed E-state index contributed by atoms with van der Waals surface area (Å²) in [4.78, 5) is 36.8. The first-order valence-electron chi connectivity index (χ1n) is 10.0. The van der Waals surface area contributed by atoms with Crippen molar-refractivity contribution in [1.82, 2.24) is 10.9 Å². The molecular formula is C24H25N3O5. The average molecular weight is 435 g/mol. The smallest absolute Gasteiger partial charge is 0.305 e. The van der Waals surface area contributed by atoms with Crippen molar-refractivity contribution in [3.05, 3.63) is 83.8 Å². The third kappa shape index (κ3) is 6.21. The van der Waals surface area contributed by atoms with Gasteiger partial charge in [-0.2, -0.15) is 0 Å². The van der Waals surface area contributed by atoms with E-state index in [1.165, 1.54) is 12.1 Å². The fraction of sp³-hybridized carbons (Fsp3) is 0.208. The highest BCUT2D eigenvalue weighted by Gasteiger charge is 2.21. The summed E-state index contributed by atoms with van der Waals surface area (Å²) >= 11 is 0. The molecule has 0 fully saturated rings. The number of hydrogen-bond acceptors (Lipinski definition) is 5. The third-order valence-corrected chi connectivity index (χ3v) is 4.36. The molecule has 3 N–H and O–H groups in total. The molecule has 0 unspecified atom stereocenters. The maximum atomic E-state index is 12.4. The quantitative estimate of drug-likeness (QED) is 0.509. The number of para-hydroxylation sites is 1. The number of carbonyl (C=O) groups is 3. The van der Waals surface area contributed by atoms with Crippen molar-refractivity contribution in [3.63, 3.8) is 0 Å². The van der Waals surface area contributed by atoms with Crippen LogP contribution in [0.1, 0.15) is 47.4 Å². The number of benzene rings is 2. The Bertz CT molecular complexity index is 1100. The van der Waals surface area contributed by atoms with Gasteiger partial charge in [-0.3, -0.25) is 25.2 Å². The normalized spacial score (nSPS) is 10.8. The lowest BCUT2D eigenvalue weighted by Gasteiger charge is -2.18. The average Bonchev–Trinajstić information content (AvgIpc) is 3.25. The van der Waals surface area contributed by atoms with E-state index in [1.807, 2.05) is 30.3 Å². The van der Waals surface area contributed by atoms with Crippen LogP contribution in [0.4, 0.5) is 5.69 Å². The minimum absolute atomic E-state index is 0.0307. The van der Waals surface area contributed by atoms with E-state index in [0.29, 0.717) is 17.2 Å². The van der Waals surface area contributed by atoms with Crippen LogP contribution in [-0.4, -0.2) is 17.7 Å². The Morgan fingerprint density at radius 2 is 1.59 bits per heavy atom. The zero-order valence-electron chi connectivity index (χ0n) is 18.1. The molecular weight excluding hydrogens is 410 g/mol. The molecule has 0 saturated carbocycles. The van der Waals surface area contributed by atoms with Gasteiger partial charge in [0.15, 0.2) is 5.76 Å². The monoisotopic (exact) mass is 435 g/mol. The Hall–Kier alpha value is -4.07. The van der Waals surface area contributed by atoms with Crippen LogP contribution in [-0.2, 0) is 11.4 Å². The molecule has 1 heterocycles. The lowest BCUT2D eigenvalue weighted by Crippen LogP contribution is -2.41. The SMILES string of the molecule is CC(C)(C)C(=O)Nc1cccc(C(=O)NNC(=O)c2ccc(COc3ccccc3)o2)c1. The lowest BCUT2D eigenvalue weighted by atomic mass is 9.95. The van der Waals surface area contributed by atoms with Crippen LogP contribution < -0.4 is 20.9 Å². The molecule has 32 heavy (non-hydrogen) atoms. The summed E-state index contributed by atoms with van der Waals surface area (Å²) in [7, 11) is 0. The van der Waals surface area contributed by atoms with E-state index < -0.39 is 17.2 Å². The number of ether oxygens (including phenoxy) is 1. The zero-order valence-corrected chi connectivity index (χ0v) is 18.1. The second-order valence-electron chi connectivity index (χ2n) is 8.06. The van der Waals surface area contributed by atoms with Crippen LogP contribution in [0.3, 0.4) is 0 Å². The highest BCUT2D eigenvalue weighted by molar-refractivity contribution is 6.00. The van der Waals surface area contributed by atoms with Crippen LogP contribution in [0.15, 0.2) is 71.1 Å². The van der Waals surface area contributed by atoms with E-state index in [1.54, 1.807) is 45.0 Å². The van der Waals surface area contributed by atoms with Crippen molar-refractivity contribution in [2.24, 2.45) is 5.41 Å². The fourth-order valence-electron chi connectivity index (χ4n) is 2.55. The summed E-state index contributed by atoms with van der Waals surface area (Å²) in [5, 5.41) is 2.76. The standard InChI is InChI=1S/C24H25N3O5/c1-24(2,3)23(30)25-17-9-7-8-16(14-17)21(28)26-27-22(29)20-13-12-19(32-20)15-31-18-10-5-4-6-11-18/h4-14H,15H2,1-3H3,(H,25,30)(H,26,28)(H,27,29). The molecule has 0 aliphatic rings. The van der Waals surface area contributed by atoms with Crippen LogP contribution in [0.5, 0.6) is 5.75 Å². The van der Waals surface area contributed by atoms with Gasteiger partial charge >= 0.3 is 5.91 Å². The molecule has 1 aromatic heterocycles. The van der Waals surface area contributed by atoms with Crippen LogP contribution >= 0.6 is 0 Å². The number of furan rings is 1. The van der Waals surface area contributed by atoms with Gasteiger partial charge in [-0.15, -0.1) is 0 Å². The molecule has 0 spiro atoms. The second-order valence-corrected chi connectivity index (χ2v) is 8.06. The van der Waals surface area contributed by atoms with E-state index >= 15 is 0 Å². The molecule has 8 nitrogen and oxygen atoms in total. The largest absolute Gasteiger partial charge is 0.486 e. The van der Waals surface area contributed by atoms with E-state index in [0.717, 1.165) is 0 Å². The van der Waals surface area contributed by atoms with Gasteiger partial charge in [0.25, 0.3) is 5.91 Å². The van der Waals surface area contributed by atoms with E-state index in [4.69, 9.17) is 9.15 Å². The van der Waals surface area contributed by atoms with Crippen molar-refractivity contribution >= 4 is 23.4 Å². The number of hydrazine groups is 1. The minimum atomic E-state index is -0.610. The zero-order chi connectivity index (χ0) is 23.1. The highest BCUT2D eigenvalue weighted by atomic mass is 16.5. The van der Waals surface area contributed by atoms with Crippen molar-refractivity contribution in [3.8, 4) is 5.75 Å². The van der Waals surface area contributed by atoms with Gasteiger partial charge in [-0.1, -0.05) is 45.0 Å². The van der Waals surface area contributed by atoms with Gasteiger partial charge in [0, 0.05) is 16.7 Å². The summed E-state index contributed by atoms with van der Waals surface area (Å²) in [5.74, 6) is -0.141. The first-order valence-corrected chi connectivity index (χ1v) is 10.0. The molecule has 0 aliphatic carbocycles. The van der Waals surface area contributed by atoms with E-state index in [2.05, 4.69) is 16.2 Å². The van der Waals surface area contributed by atoms with Crippen molar-refractivity contribution in [2.75, 3.05) is 5.32 Å². The Balaban J connectivity index is 1.53. The van der Waals surface area contributed by atoms with Crippen molar-refractivity contribution in [1.29, 1.82) is 0 Å². The number of carbonyl (C=O) groups excluding carboxylic acids is 3. The molecule has 2 aromatic carbocycles. The van der Waals surface area contributed by atoms with Gasteiger partial charge in [0.2, 0.25) is 5.91 Å². The molecule has 166 valence electrons. The Labute approximate surface area is 185 Å². The lowest BCUT2D eigenvalue weighted by molar-refractivity contribution is -0.123. The fourth-order valence-corrected chi connectivity index (χ4v) is 2.55. The summed E-state index contributed by atoms with van der Waals surface area (Å²) in [6, 6.07) is 18.8. The van der Waals surface area contributed by atoms with Crippen molar-refractivity contribution in [2.45, 2.75) is 27.4 Å². The molecule has 3 amide bonds. The molecule has 0 bridgehead atoms. The maximum Gasteiger partial charge on any atom is 0.305 e. The highest BCUT2D eigenvalue weighted by Crippen LogP contribution is 2.18. The van der Waals surface area contributed by atoms with E-state index in [9.17, 15) is 14.4 Å². The summed E-state index contributed by atoms with van der Waals surface area (Å²) < 4.78 is 11.0. The topological polar surface area (TPSA) is 110 Å². The summed E-state index contributed by atoms with van der Waals surface area (Å²) in [6.07, 6.45) is 0. The number of rotatable bonds is 6. The number of anilines is 1. The predicted molar refractivity (Wildman–Crippen MR) is 119 cm³/mol. The predicted octanol–water partition coefficient (Wildman–Crippen LogP) is 3.92. The van der Waals surface area contributed by atoms with Crippen molar-refractivity contribution < 1.29 is 23.5 Å². The Morgan fingerprint density at radius 1 is 0.875 bits per heavy atom. The second kappa shape index (κ2) is 9.82. The summed E-state index contributed by atoms with van der Waals surface area (Å²) in [6.45, 7) is 5.55. The minimum Gasteiger partial charge on any atom is -0.486 e. The maximum absolute atomic E-state index is 12.4. The molecule has 3 aromatic rings. The number of nitrogens with one attached hydrogen (secondary N) is 3. The molecule has 0 atom stereocenters. The summed E-state index contributed by atoms with van der Waals surface area (Å²) in [5.41, 5.74) is 4.83. The van der Waals surface area contributed by atoms with Crippen LogP contribution in [0, 0.1) is 5.41 Å². The number of hydrogen-bond donors (Lipinski definition) is 3. The first kappa shape index (κ1) is 22.6. The molecule has 0 radical (unpaired) electrons. The van der Waals surface area contributed by atoms with Gasteiger partial charge in [-0.05, 0) is 42.5 Å².